The van der Waals surface area contributed by atoms with Gasteiger partial charge in [-0.1, -0.05) is 20.8 Å². The van der Waals surface area contributed by atoms with E-state index in [4.69, 9.17) is 9.47 Å². The molecule has 2 N–H and O–H groups in total. The van der Waals surface area contributed by atoms with Gasteiger partial charge in [0, 0.05) is 6.42 Å². The van der Waals surface area contributed by atoms with Gasteiger partial charge in [0.25, 0.3) is 0 Å². The molecule has 10 atom stereocenters. The fraction of sp³-hybridized carbons (Fsp3) is 0.933. The van der Waals surface area contributed by atoms with Gasteiger partial charge in [0.1, 0.15) is 5.60 Å². The predicted octanol–water partition coefficient (Wildman–Crippen LogP) is 5.28. The fourth-order valence-electron chi connectivity index (χ4n) is 9.29. The highest BCUT2D eigenvalue weighted by molar-refractivity contribution is 5.76. The Morgan fingerprint density at radius 3 is 2.39 bits per heavy atom. The third kappa shape index (κ3) is 5.23. The molecule has 36 heavy (non-hydrogen) atoms. The number of fused-ring (bicyclic) bond motifs is 5. The molecule has 4 aliphatic rings. The molecule has 6 nitrogen and oxygen atoms in total. The van der Waals surface area contributed by atoms with Crippen LogP contribution in [0, 0.1) is 46.3 Å². The summed E-state index contributed by atoms with van der Waals surface area (Å²) in [5, 5.41) is 22.0. The minimum Gasteiger partial charge on any atom is -0.457 e. The molecular formula is C30H50O6. The number of hydrogen-bond donors (Lipinski definition) is 2. The second-order valence-corrected chi connectivity index (χ2v) is 14.1. The number of aliphatic hydroxyl groups is 2. The summed E-state index contributed by atoms with van der Waals surface area (Å²) in [5.74, 6) is 2.13. The zero-order valence-electron chi connectivity index (χ0n) is 23.4. The molecular weight excluding hydrogens is 456 g/mol. The lowest BCUT2D eigenvalue weighted by molar-refractivity contribution is -0.175. The van der Waals surface area contributed by atoms with Crippen molar-refractivity contribution in [3.05, 3.63) is 0 Å². The number of aliphatic hydroxyl groups excluding tert-OH is 2. The van der Waals surface area contributed by atoms with Gasteiger partial charge in [-0.2, -0.15) is 0 Å². The van der Waals surface area contributed by atoms with Crippen LogP contribution < -0.4 is 0 Å². The van der Waals surface area contributed by atoms with Gasteiger partial charge in [-0.3, -0.25) is 4.79 Å². The van der Waals surface area contributed by atoms with Gasteiger partial charge >= 0.3 is 11.9 Å². The molecule has 0 amide bonds. The number of carbonyl (C=O) groups is 2. The van der Waals surface area contributed by atoms with E-state index in [2.05, 4.69) is 20.8 Å². The second-order valence-electron chi connectivity index (χ2n) is 14.1. The van der Waals surface area contributed by atoms with Crippen molar-refractivity contribution in [2.75, 3.05) is 6.61 Å². The minimum atomic E-state index is -0.596. The first kappa shape index (κ1) is 27.9. The quantitative estimate of drug-likeness (QED) is 0.476. The molecule has 0 aromatic heterocycles. The highest BCUT2D eigenvalue weighted by atomic mass is 16.6. The van der Waals surface area contributed by atoms with Crippen LogP contribution in [-0.2, 0) is 19.1 Å². The summed E-state index contributed by atoms with van der Waals surface area (Å²) < 4.78 is 10.4. The van der Waals surface area contributed by atoms with Crippen LogP contribution in [0.5, 0.6) is 0 Å². The summed E-state index contributed by atoms with van der Waals surface area (Å²) in [6.45, 7) is 12.0. The third-order valence-electron chi connectivity index (χ3n) is 11.1. The molecule has 0 aliphatic heterocycles. The smallest absolute Gasteiger partial charge is 0.344 e. The average Bonchev–Trinajstić information content (AvgIpc) is 3.15. The molecule has 4 rings (SSSR count). The Kier molecular flexibility index (Phi) is 7.90. The molecule has 0 aromatic carbocycles. The lowest BCUT2D eigenvalue weighted by atomic mass is 9.43. The van der Waals surface area contributed by atoms with Crippen LogP contribution in [0.25, 0.3) is 0 Å². The van der Waals surface area contributed by atoms with Crippen molar-refractivity contribution in [3.63, 3.8) is 0 Å². The van der Waals surface area contributed by atoms with Gasteiger partial charge in [0.05, 0.1) is 12.2 Å². The van der Waals surface area contributed by atoms with E-state index in [1.54, 1.807) is 20.8 Å². The largest absolute Gasteiger partial charge is 0.457 e. The minimum absolute atomic E-state index is 0.113. The van der Waals surface area contributed by atoms with E-state index in [0.29, 0.717) is 41.9 Å². The number of hydrogen-bond acceptors (Lipinski definition) is 6. The van der Waals surface area contributed by atoms with E-state index in [1.807, 2.05) is 0 Å². The first-order valence-corrected chi connectivity index (χ1v) is 14.5. The summed E-state index contributed by atoms with van der Waals surface area (Å²) in [7, 11) is 0. The summed E-state index contributed by atoms with van der Waals surface area (Å²) in [6, 6.07) is 0. The maximum Gasteiger partial charge on any atom is 0.344 e. The molecule has 0 spiro atoms. The normalized spacial score (nSPS) is 43.1. The van der Waals surface area contributed by atoms with Gasteiger partial charge < -0.3 is 19.7 Å². The zero-order chi connectivity index (χ0) is 26.5. The summed E-state index contributed by atoms with van der Waals surface area (Å²) >= 11 is 0. The van der Waals surface area contributed by atoms with Crippen molar-refractivity contribution >= 4 is 11.9 Å². The van der Waals surface area contributed by atoms with Crippen molar-refractivity contribution < 1.29 is 29.3 Å². The Morgan fingerprint density at radius 2 is 1.69 bits per heavy atom. The van der Waals surface area contributed by atoms with Crippen molar-refractivity contribution in [1.29, 1.82) is 0 Å². The van der Waals surface area contributed by atoms with Gasteiger partial charge in [-0.05, 0) is 125 Å². The Morgan fingerprint density at radius 1 is 0.972 bits per heavy atom. The van der Waals surface area contributed by atoms with Gasteiger partial charge in [-0.15, -0.1) is 0 Å². The van der Waals surface area contributed by atoms with E-state index < -0.39 is 11.6 Å². The monoisotopic (exact) mass is 506 g/mol. The van der Waals surface area contributed by atoms with Crippen LogP contribution in [0.1, 0.15) is 106 Å². The maximum atomic E-state index is 12.3. The van der Waals surface area contributed by atoms with Crippen LogP contribution in [0.15, 0.2) is 0 Å². The molecule has 4 fully saturated rings. The molecule has 10 unspecified atom stereocenters. The van der Waals surface area contributed by atoms with E-state index in [1.165, 1.54) is 12.8 Å². The molecule has 206 valence electrons. The molecule has 0 saturated heterocycles. The van der Waals surface area contributed by atoms with Crippen LogP contribution in [-0.4, -0.2) is 46.6 Å². The van der Waals surface area contributed by atoms with E-state index in [0.717, 1.165) is 38.5 Å². The average molecular weight is 507 g/mol. The van der Waals surface area contributed by atoms with Gasteiger partial charge in [0.15, 0.2) is 6.61 Å². The Hall–Kier alpha value is -1.14. The number of rotatable bonds is 6. The van der Waals surface area contributed by atoms with Crippen molar-refractivity contribution in [3.8, 4) is 0 Å². The lowest BCUT2D eigenvalue weighted by Gasteiger charge is -2.62. The molecule has 4 aliphatic carbocycles. The Labute approximate surface area is 217 Å². The van der Waals surface area contributed by atoms with E-state index in [-0.39, 0.29) is 42.0 Å². The SMILES string of the molecule is CC(CCC(=O)OCC(=O)OC(C)(C)C)C1CCC2C3CCC4CC(O)CCC4(C)C3CC(O)C12C. The maximum absolute atomic E-state index is 12.3. The molecule has 0 bridgehead atoms. The first-order chi connectivity index (χ1) is 16.8. The van der Waals surface area contributed by atoms with Crippen molar-refractivity contribution in [2.24, 2.45) is 46.3 Å². The van der Waals surface area contributed by atoms with E-state index in [9.17, 15) is 19.8 Å². The van der Waals surface area contributed by atoms with Crippen molar-refractivity contribution in [1.82, 2.24) is 0 Å². The summed E-state index contributed by atoms with van der Waals surface area (Å²) in [5.41, 5.74) is -0.467. The highest BCUT2D eigenvalue weighted by Gasteiger charge is 2.63. The number of esters is 2. The zero-order valence-corrected chi connectivity index (χ0v) is 23.4. The van der Waals surface area contributed by atoms with Crippen molar-refractivity contribution in [2.45, 2.75) is 124 Å². The van der Waals surface area contributed by atoms with Crippen LogP contribution >= 0.6 is 0 Å². The number of carbonyl (C=O) groups excluding carboxylic acids is 2. The Balaban J connectivity index is 1.36. The van der Waals surface area contributed by atoms with Crippen LogP contribution in [0.2, 0.25) is 0 Å². The van der Waals surface area contributed by atoms with Gasteiger partial charge in [0.2, 0.25) is 0 Å². The molecule has 0 heterocycles. The molecule has 6 heteroatoms. The van der Waals surface area contributed by atoms with Crippen LogP contribution in [0.4, 0.5) is 0 Å². The fourth-order valence-corrected chi connectivity index (χ4v) is 9.29. The highest BCUT2D eigenvalue weighted by Crippen LogP contribution is 2.68. The Bertz CT molecular complexity index is 819. The first-order valence-electron chi connectivity index (χ1n) is 14.5. The summed E-state index contributed by atoms with van der Waals surface area (Å²) in [4.78, 5) is 24.2. The molecule has 4 saturated carbocycles. The predicted molar refractivity (Wildman–Crippen MR) is 138 cm³/mol. The third-order valence-corrected chi connectivity index (χ3v) is 11.1. The lowest BCUT2D eigenvalue weighted by Crippen LogP contribution is -2.58. The second kappa shape index (κ2) is 10.2. The van der Waals surface area contributed by atoms with Gasteiger partial charge in [-0.25, -0.2) is 4.79 Å². The van der Waals surface area contributed by atoms with E-state index >= 15 is 0 Å². The molecule has 0 radical (unpaired) electrons. The molecule has 0 aromatic rings. The number of ether oxygens (including phenoxy) is 2. The van der Waals surface area contributed by atoms with Crippen LogP contribution in [0.3, 0.4) is 0 Å². The summed E-state index contributed by atoms with van der Waals surface area (Å²) in [6.07, 6.45) is 9.02. The topological polar surface area (TPSA) is 93.1 Å². The standard InChI is InChI=1S/C30H50O6/c1-18(7-12-26(33)35-17-27(34)36-28(2,3)4)22-10-11-23-21-9-8-19-15-20(31)13-14-29(19,5)24(21)16-25(32)30(22,23)6/h18-25,31-32H,7-17H2,1-6H3.